The van der Waals surface area contributed by atoms with Crippen molar-refractivity contribution in [3.05, 3.63) is 23.0 Å². The lowest BCUT2D eigenvalue weighted by Crippen LogP contribution is -2.31. The molecule has 2 rings (SSSR count). The van der Waals surface area contributed by atoms with Crippen LogP contribution in [0.4, 0.5) is 0 Å². The Morgan fingerprint density at radius 1 is 1.65 bits per heavy atom. The van der Waals surface area contributed by atoms with Gasteiger partial charge in [0.25, 0.3) is 5.91 Å². The summed E-state index contributed by atoms with van der Waals surface area (Å²) in [6.07, 6.45) is 4.64. The van der Waals surface area contributed by atoms with Crippen molar-refractivity contribution in [2.45, 2.75) is 19.3 Å². The quantitative estimate of drug-likeness (QED) is 0.840. The number of carbonyl (C=O) groups is 1. The number of nitrogens with zero attached hydrogens (tertiary/aromatic N) is 1. The molecule has 0 saturated heterocycles. The minimum Gasteiger partial charge on any atom is -0.396 e. The molecule has 5 heteroatoms. The van der Waals surface area contributed by atoms with E-state index in [1.807, 2.05) is 0 Å². The van der Waals surface area contributed by atoms with Crippen molar-refractivity contribution in [1.82, 2.24) is 9.88 Å². The first kappa shape index (κ1) is 12.5. The van der Waals surface area contributed by atoms with Crippen LogP contribution in [0.1, 0.15) is 29.8 Å². The highest BCUT2D eigenvalue weighted by Crippen LogP contribution is 2.47. The summed E-state index contributed by atoms with van der Waals surface area (Å²) in [7, 11) is 1.79. The predicted octanol–water partition coefficient (Wildman–Crippen LogP) is 1.57. The van der Waals surface area contributed by atoms with E-state index in [9.17, 15) is 4.79 Å². The maximum Gasteiger partial charge on any atom is 0.267 e. The van der Waals surface area contributed by atoms with E-state index >= 15 is 0 Å². The van der Waals surface area contributed by atoms with Crippen LogP contribution in [-0.2, 0) is 7.05 Å². The van der Waals surface area contributed by atoms with E-state index in [0.29, 0.717) is 17.3 Å². The topological polar surface area (TPSA) is 54.3 Å². The molecule has 1 aliphatic carbocycles. The number of aliphatic hydroxyl groups is 1. The van der Waals surface area contributed by atoms with Gasteiger partial charge in [-0.25, -0.2) is 0 Å². The lowest BCUT2D eigenvalue weighted by Gasteiger charge is -2.14. The van der Waals surface area contributed by atoms with Gasteiger partial charge < -0.3 is 15.0 Å². The van der Waals surface area contributed by atoms with Gasteiger partial charge >= 0.3 is 0 Å². The van der Waals surface area contributed by atoms with Crippen LogP contribution in [0.25, 0.3) is 0 Å². The molecule has 0 aliphatic heterocycles. The van der Waals surface area contributed by atoms with Crippen LogP contribution < -0.4 is 5.32 Å². The minimum atomic E-state index is -0.108. The third-order valence-corrected chi connectivity index (χ3v) is 3.63. The monoisotopic (exact) mass is 256 g/mol. The Labute approximate surface area is 106 Å². The predicted molar refractivity (Wildman–Crippen MR) is 66.1 cm³/mol. The molecule has 0 atom stereocenters. The average molecular weight is 257 g/mol. The van der Waals surface area contributed by atoms with Crippen molar-refractivity contribution in [2.24, 2.45) is 12.5 Å². The second-order valence-electron chi connectivity index (χ2n) is 4.81. The number of aromatic nitrogens is 1. The average Bonchev–Trinajstić information content (AvgIpc) is 2.95. The fourth-order valence-electron chi connectivity index (χ4n) is 2.04. The van der Waals surface area contributed by atoms with Crippen molar-refractivity contribution in [3.8, 4) is 0 Å². The van der Waals surface area contributed by atoms with Crippen LogP contribution in [0, 0.1) is 5.41 Å². The lowest BCUT2D eigenvalue weighted by atomic mass is 10.0. The van der Waals surface area contributed by atoms with Crippen molar-refractivity contribution in [3.63, 3.8) is 0 Å². The maximum atomic E-state index is 11.9. The SMILES string of the molecule is Cn1cc(Cl)cc1C(=O)NCC1(CCO)CC1. The molecule has 1 aliphatic rings. The molecule has 2 N–H and O–H groups in total. The van der Waals surface area contributed by atoms with Gasteiger partial charge in [-0.2, -0.15) is 0 Å². The molecule has 17 heavy (non-hydrogen) atoms. The number of hydrogen-bond donors (Lipinski definition) is 2. The third-order valence-electron chi connectivity index (χ3n) is 3.43. The second-order valence-corrected chi connectivity index (χ2v) is 5.25. The Bertz CT molecular complexity index is 424. The standard InChI is InChI=1S/C12H17ClN2O2/c1-15-7-9(13)6-10(15)11(17)14-8-12(2-3-12)4-5-16/h6-7,16H,2-5,8H2,1H3,(H,14,17). The molecule has 1 aromatic heterocycles. The molecule has 1 saturated carbocycles. The summed E-state index contributed by atoms with van der Waals surface area (Å²) < 4.78 is 1.71. The highest BCUT2D eigenvalue weighted by atomic mass is 35.5. The first-order chi connectivity index (χ1) is 8.06. The van der Waals surface area contributed by atoms with Crippen LogP contribution in [0.2, 0.25) is 5.02 Å². The Morgan fingerprint density at radius 2 is 2.35 bits per heavy atom. The van der Waals surface area contributed by atoms with Crippen molar-refractivity contribution in [1.29, 1.82) is 0 Å². The van der Waals surface area contributed by atoms with Crippen LogP contribution in [0.3, 0.4) is 0 Å². The van der Waals surface area contributed by atoms with E-state index in [1.165, 1.54) is 0 Å². The van der Waals surface area contributed by atoms with E-state index in [0.717, 1.165) is 19.3 Å². The number of amides is 1. The Hall–Kier alpha value is -1.00. The maximum absolute atomic E-state index is 11.9. The van der Waals surface area contributed by atoms with Gasteiger partial charge in [-0.3, -0.25) is 4.79 Å². The van der Waals surface area contributed by atoms with Crippen molar-refractivity contribution in [2.75, 3.05) is 13.2 Å². The number of nitrogens with one attached hydrogen (secondary N) is 1. The van der Waals surface area contributed by atoms with Gasteiger partial charge in [-0.15, -0.1) is 0 Å². The molecule has 1 aromatic rings. The van der Waals surface area contributed by atoms with E-state index in [-0.39, 0.29) is 17.9 Å². The molecule has 1 heterocycles. The highest BCUT2D eigenvalue weighted by molar-refractivity contribution is 6.31. The molecule has 94 valence electrons. The number of hydrogen-bond acceptors (Lipinski definition) is 2. The molecule has 0 aromatic carbocycles. The zero-order valence-electron chi connectivity index (χ0n) is 9.87. The summed E-state index contributed by atoms with van der Waals surface area (Å²) in [6.45, 7) is 0.820. The summed E-state index contributed by atoms with van der Waals surface area (Å²) in [5.41, 5.74) is 0.703. The largest absolute Gasteiger partial charge is 0.396 e. The van der Waals surface area contributed by atoms with Gasteiger partial charge in [0.05, 0.1) is 5.02 Å². The summed E-state index contributed by atoms with van der Waals surface area (Å²) >= 11 is 5.83. The Balaban J connectivity index is 1.92. The smallest absolute Gasteiger partial charge is 0.267 e. The van der Waals surface area contributed by atoms with Gasteiger partial charge in [0.2, 0.25) is 0 Å². The molecule has 1 amide bonds. The zero-order valence-corrected chi connectivity index (χ0v) is 10.6. The summed E-state index contributed by atoms with van der Waals surface area (Å²) in [6, 6.07) is 1.66. The Morgan fingerprint density at radius 3 is 2.82 bits per heavy atom. The van der Waals surface area contributed by atoms with Gasteiger partial charge in [0.15, 0.2) is 0 Å². The molecular formula is C12H17ClN2O2. The van der Waals surface area contributed by atoms with Gasteiger partial charge in [-0.05, 0) is 30.7 Å². The lowest BCUT2D eigenvalue weighted by molar-refractivity contribution is 0.0932. The second kappa shape index (κ2) is 4.70. The number of aliphatic hydroxyl groups excluding tert-OH is 1. The third kappa shape index (κ3) is 2.82. The van der Waals surface area contributed by atoms with Crippen LogP contribution >= 0.6 is 11.6 Å². The molecular weight excluding hydrogens is 240 g/mol. The number of aryl methyl sites for hydroxylation is 1. The van der Waals surface area contributed by atoms with Gasteiger partial charge in [0, 0.05) is 26.4 Å². The van der Waals surface area contributed by atoms with Crippen LogP contribution in [0.15, 0.2) is 12.3 Å². The molecule has 0 spiro atoms. The molecule has 0 radical (unpaired) electrons. The number of carbonyl (C=O) groups excluding carboxylic acids is 1. The van der Waals surface area contributed by atoms with Gasteiger partial charge in [0.1, 0.15) is 5.69 Å². The Kier molecular flexibility index (Phi) is 3.45. The minimum absolute atomic E-state index is 0.108. The number of rotatable bonds is 5. The van der Waals surface area contributed by atoms with E-state index in [4.69, 9.17) is 16.7 Å². The molecule has 4 nitrogen and oxygen atoms in total. The zero-order chi connectivity index (χ0) is 12.5. The van der Waals surface area contributed by atoms with Crippen LogP contribution in [-0.4, -0.2) is 28.7 Å². The van der Waals surface area contributed by atoms with Gasteiger partial charge in [-0.1, -0.05) is 11.6 Å². The van der Waals surface area contributed by atoms with Crippen LogP contribution in [0.5, 0.6) is 0 Å². The first-order valence-corrected chi connectivity index (χ1v) is 6.15. The summed E-state index contributed by atoms with van der Waals surface area (Å²) in [5.74, 6) is -0.108. The van der Waals surface area contributed by atoms with E-state index in [2.05, 4.69) is 5.32 Å². The van der Waals surface area contributed by atoms with E-state index in [1.54, 1.807) is 23.9 Å². The molecule has 0 bridgehead atoms. The normalized spacial score (nSPS) is 16.9. The molecule has 1 fully saturated rings. The summed E-state index contributed by atoms with van der Waals surface area (Å²) in [4.78, 5) is 11.9. The van der Waals surface area contributed by atoms with Crippen molar-refractivity contribution >= 4 is 17.5 Å². The number of halogens is 1. The fraction of sp³-hybridized carbons (Fsp3) is 0.583. The first-order valence-electron chi connectivity index (χ1n) is 5.77. The fourth-order valence-corrected chi connectivity index (χ4v) is 2.29. The molecule has 0 unspecified atom stereocenters. The van der Waals surface area contributed by atoms with Crippen molar-refractivity contribution < 1.29 is 9.90 Å². The highest BCUT2D eigenvalue weighted by Gasteiger charge is 2.41. The summed E-state index contributed by atoms with van der Waals surface area (Å²) in [5, 5.41) is 12.4. The van der Waals surface area contributed by atoms with E-state index < -0.39 is 0 Å².